The van der Waals surface area contributed by atoms with Gasteiger partial charge in [-0.1, -0.05) is 37.3 Å². The van der Waals surface area contributed by atoms with Gasteiger partial charge in [-0.15, -0.1) is 0 Å². The maximum Gasteiger partial charge on any atom is 0.325 e. The number of aliphatic hydroxyl groups excluding tert-OH is 1. The maximum absolute atomic E-state index is 16.6. The van der Waals surface area contributed by atoms with Crippen molar-refractivity contribution in [3.8, 4) is 22.6 Å². The van der Waals surface area contributed by atoms with Crippen LogP contribution >= 0.6 is 0 Å². The summed E-state index contributed by atoms with van der Waals surface area (Å²) in [7, 11) is 1.56. The number of alkyl halides is 2. The number of carbonyl (C=O) groups excluding carboxylic acids is 3. The van der Waals surface area contributed by atoms with Gasteiger partial charge in [-0.25, -0.2) is 35.7 Å². The van der Waals surface area contributed by atoms with Gasteiger partial charge in [-0.05, 0) is 67.5 Å². The predicted molar refractivity (Wildman–Crippen MR) is 267 cm³/mol. The number of nitrogens with one attached hydrogen (secondary N) is 2. The fourth-order valence-corrected chi connectivity index (χ4v) is 12.1. The minimum Gasteiger partial charge on any atom is -0.490 e. The van der Waals surface area contributed by atoms with Gasteiger partial charge in [0.25, 0.3) is 0 Å². The molecular weight excluding hydrogens is 983 g/mol. The third-order valence-electron chi connectivity index (χ3n) is 16.2. The lowest BCUT2D eigenvalue weighted by atomic mass is 9.76. The fraction of sp³-hybridized carbons (Fsp3) is 0.473. The van der Waals surface area contributed by atoms with Crippen LogP contribution in [-0.4, -0.2) is 113 Å². The number of fused-ring (bicyclic) bond motifs is 2. The summed E-state index contributed by atoms with van der Waals surface area (Å²) in [6, 6.07) is 13.8. The van der Waals surface area contributed by atoms with Gasteiger partial charge in [0.15, 0.2) is 28.8 Å². The van der Waals surface area contributed by atoms with E-state index < -0.39 is 72.4 Å². The summed E-state index contributed by atoms with van der Waals surface area (Å²) in [5.41, 5.74) is 5.57. The number of nitrogens with zero attached hydrogens (tertiary/aromatic N) is 5. The quantitative estimate of drug-likeness (QED) is 0.0639. The monoisotopic (exact) mass is 1040 g/mol. The maximum atomic E-state index is 16.6. The minimum atomic E-state index is -2.68. The summed E-state index contributed by atoms with van der Waals surface area (Å²) in [5, 5.41) is 20.5. The van der Waals surface area contributed by atoms with Gasteiger partial charge >= 0.3 is 6.03 Å². The van der Waals surface area contributed by atoms with Gasteiger partial charge in [0.2, 0.25) is 18.2 Å². The number of aromatic nitrogens is 2. The molecule has 4 fully saturated rings. The van der Waals surface area contributed by atoms with Crippen molar-refractivity contribution >= 4 is 40.8 Å². The van der Waals surface area contributed by atoms with Crippen LogP contribution in [0, 0.1) is 42.0 Å². The van der Waals surface area contributed by atoms with E-state index in [2.05, 4.69) is 26.5 Å². The molecule has 0 bridgehead atoms. The molecule has 5 heterocycles. The molecule has 0 spiro atoms. The van der Waals surface area contributed by atoms with Crippen LogP contribution in [0.5, 0.6) is 11.5 Å². The first-order chi connectivity index (χ1) is 35.9. The number of carbonyl (C=O) groups is 3. The Morgan fingerprint density at radius 1 is 0.973 bits per heavy atom. The Bertz CT molecular complexity index is 3060. The van der Waals surface area contributed by atoms with Crippen molar-refractivity contribution in [3.63, 3.8) is 0 Å². The predicted octanol–water partition coefficient (Wildman–Crippen LogP) is 8.14. The molecule has 0 radical (unpaired) electrons. The largest absolute Gasteiger partial charge is 0.490 e. The van der Waals surface area contributed by atoms with Crippen molar-refractivity contribution in [3.05, 3.63) is 106 Å². The Kier molecular flexibility index (Phi) is 14.4. The zero-order valence-electron chi connectivity index (χ0n) is 42.0. The number of benzene rings is 4. The van der Waals surface area contributed by atoms with Crippen LogP contribution in [-0.2, 0) is 17.4 Å². The van der Waals surface area contributed by atoms with Gasteiger partial charge < -0.3 is 35.8 Å². The number of aliphatic hydroxyl groups is 1. The van der Waals surface area contributed by atoms with E-state index in [1.165, 1.54) is 34.7 Å². The topological polar surface area (TPSA) is 167 Å². The first kappa shape index (κ1) is 51.8. The van der Waals surface area contributed by atoms with E-state index in [1.54, 1.807) is 7.05 Å². The summed E-state index contributed by atoms with van der Waals surface area (Å²) < 4.78 is 106. The second kappa shape index (κ2) is 20.8. The number of urea groups is 1. The molecule has 3 atom stereocenters. The van der Waals surface area contributed by atoms with Crippen LogP contribution in [0.4, 0.5) is 37.0 Å². The van der Waals surface area contributed by atoms with Gasteiger partial charge in [0, 0.05) is 105 Å². The molecule has 5 N–H and O–H groups in total. The van der Waals surface area contributed by atoms with E-state index in [-0.39, 0.29) is 105 Å². The summed E-state index contributed by atoms with van der Waals surface area (Å²) in [6.45, 7) is 5.66. The Balaban J connectivity index is 0.763. The molecule has 1 aliphatic carbocycles. The van der Waals surface area contributed by atoms with E-state index in [0.29, 0.717) is 70.3 Å². The van der Waals surface area contributed by atoms with E-state index in [4.69, 9.17) is 15.2 Å². The molecule has 4 amide bonds. The second-order valence-corrected chi connectivity index (χ2v) is 20.8. The molecule has 14 nitrogen and oxygen atoms in total. The summed E-state index contributed by atoms with van der Waals surface area (Å²) in [5.74, 6) is -4.96. The number of ether oxygens (including phenoxy) is 2. The Morgan fingerprint density at radius 3 is 2.37 bits per heavy atom. The van der Waals surface area contributed by atoms with Crippen molar-refractivity contribution in [2.75, 3.05) is 50.8 Å². The summed E-state index contributed by atoms with van der Waals surface area (Å²) in [6.07, 6.45) is 1.87. The van der Waals surface area contributed by atoms with Crippen molar-refractivity contribution in [1.82, 2.24) is 25.3 Å². The lowest BCUT2D eigenvalue weighted by Crippen LogP contribution is -2.54. The number of rotatable bonds is 14. The van der Waals surface area contributed by atoms with Crippen LogP contribution in [0.3, 0.4) is 0 Å². The molecule has 4 aliphatic heterocycles. The first-order valence-electron chi connectivity index (χ1n) is 25.8. The lowest BCUT2D eigenvalue weighted by molar-refractivity contribution is -0.536. The number of primary amides is 1. The minimum absolute atomic E-state index is 0.0116. The molecule has 3 unspecified atom stereocenters. The highest BCUT2D eigenvalue weighted by Crippen LogP contribution is 2.56. The molecule has 20 heteroatoms. The van der Waals surface area contributed by atoms with Crippen LogP contribution in [0.25, 0.3) is 22.0 Å². The molecule has 1 aromatic heterocycles. The van der Waals surface area contributed by atoms with Crippen molar-refractivity contribution in [1.29, 1.82) is 0 Å². The molecule has 1 saturated carbocycles. The van der Waals surface area contributed by atoms with Crippen LogP contribution < -0.4 is 30.7 Å². The van der Waals surface area contributed by atoms with E-state index in [1.807, 2.05) is 42.2 Å². The SMILES string of the molecule is Cc1c(F)cc2c(c1-c1c(C(N)=O)ccc(OCCC(F)F)c1F)C(C)C(CNC1CCC(C(=O)N3CC(C=[N+]4CCC(c5c(F)cc6c(N7CCC(O)NC7=O)nn(C)c6c5F)CC4)C3)CC1)(c1ccccc1)O2. The number of piperidine rings is 1. The average molecular weight is 1040 g/mol. The number of halogens is 6. The van der Waals surface area contributed by atoms with Crippen LogP contribution in [0.15, 0.2) is 54.6 Å². The molecule has 10 rings (SSSR count). The third kappa shape index (κ3) is 9.68. The molecule has 5 aliphatic rings. The van der Waals surface area contributed by atoms with Crippen molar-refractivity contribution in [2.45, 2.75) is 101 Å². The summed E-state index contributed by atoms with van der Waals surface area (Å²) in [4.78, 5) is 42.4. The number of aryl methyl sites for hydroxylation is 1. The molecule has 5 aromatic rings. The van der Waals surface area contributed by atoms with Gasteiger partial charge in [-0.2, -0.15) is 5.10 Å². The Morgan fingerprint density at radius 2 is 1.69 bits per heavy atom. The average Bonchev–Trinajstić information content (AvgIpc) is 3.88. The normalized spacial score (nSPS) is 24.0. The van der Waals surface area contributed by atoms with E-state index >= 15 is 17.6 Å². The van der Waals surface area contributed by atoms with Crippen molar-refractivity contribution in [2.24, 2.45) is 24.6 Å². The fourth-order valence-electron chi connectivity index (χ4n) is 12.1. The smallest absolute Gasteiger partial charge is 0.325 e. The zero-order chi connectivity index (χ0) is 53.0. The van der Waals surface area contributed by atoms with Gasteiger partial charge in [0.05, 0.1) is 23.5 Å². The highest BCUT2D eigenvalue weighted by Gasteiger charge is 2.50. The Hall–Kier alpha value is -6.67. The Labute approximate surface area is 429 Å². The molecule has 75 heavy (non-hydrogen) atoms. The number of hydrogen-bond donors (Lipinski definition) is 4. The number of anilines is 1. The van der Waals surface area contributed by atoms with Crippen LogP contribution in [0.2, 0.25) is 0 Å². The number of hydrogen-bond acceptors (Lipinski definition) is 8. The third-order valence-corrected chi connectivity index (χ3v) is 16.2. The standard InChI is InChI=1S/C55H60F6N8O6/c1-29-38(56)24-41-45(44(29)47-36(51(62)71)13-14-40(48(47)60)74-22-18-42(58)59)30(2)55(75-41,34-7-5-4-6-8-34)28-63-35-11-9-33(10-12-35)53(72)68-26-31(27-68)25-67-19-15-32(16-20-67)46-39(57)23-37-50(49(46)61)66(3)65-52(37)69-21-17-43(70)64-54(69)73/h4-8,13-14,23-25,30-33,35,42-43,63,70H,9-12,15-22,26-28H2,1-3H3,(H2-,62,64,71,73)/p+1. The molecule has 4 aromatic carbocycles. The molecular formula is C55H61F6N8O6+. The molecule has 3 saturated heterocycles. The number of likely N-dealkylation sites (tertiary alicyclic amines) is 1. The highest BCUT2D eigenvalue weighted by molar-refractivity contribution is 6.03. The van der Waals surface area contributed by atoms with Gasteiger partial charge in [-0.3, -0.25) is 19.2 Å². The number of nitrogens with two attached hydrogens (primary N) is 1. The second-order valence-electron chi connectivity index (χ2n) is 20.8. The van der Waals surface area contributed by atoms with E-state index in [0.717, 1.165) is 11.6 Å². The van der Waals surface area contributed by atoms with Crippen molar-refractivity contribution < 1.29 is 59.9 Å². The van der Waals surface area contributed by atoms with E-state index in [9.17, 15) is 28.3 Å². The molecule has 398 valence electrons. The first-order valence-corrected chi connectivity index (χ1v) is 25.8. The lowest BCUT2D eigenvalue weighted by Gasteiger charge is -2.41. The highest BCUT2D eigenvalue weighted by atomic mass is 19.3. The summed E-state index contributed by atoms with van der Waals surface area (Å²) >= 11 is 0. The zero-order valence-corrected chi connectivity index (χ0v) is 42.0. The van der Waals surface area contributed by atoms with Crippen LogP contribution in [0.1, 0.15) is 103 Å². The number of amides is 4. The van der Waals surface area contributed by atoms with Gasteiger partial charge in [0.1, 0.15) is 48.4 Å².